The minimum absolute atomic E-state index is 0.175. The average molecular weight is 314 g/mol. The summed E-state index contributed by atoms with van der Waals surface area (Å²) in [6, 6.07) is 6.15. The van der Waals surface area contributed by atoms with Gasteiger partial charge in [-0.1, -0.05) is 22.9 Å². The van der Waals surface area contributed by atoms with Crippen molar-refractivity contribution in [3.8, 4) is 5.75 Å². The summed E-state index contributed by atoms with van der Waals surface area (Å²) in [5, 5.41) is 13.6. The van der Waals surface area contributed by atoms with Gasteiger partial charge in [0.2, 0.25) is 0 Å². The molecular formula is C14H20BrNO2. The van der Waals surface area contributed by atoms with Crippen LogP contribution in [0.15, 0.2) is 22.7 Å². The standard InChI is InChI=1S/C14H20BrNO2/c1-2-13(16-11-4-3-7-18-9-11)12-8-10(15)5-6-14(12)17/h5-6,8,11,13,16-17H,2-4,7,9H2,1H3. The molecular weight excluding hydrogens is 294 g/mol. The molecule has 0 spiro atoms. The van der Waals surface area contributed by atoms with Crippen LogP contribution in [0, 0.1) is 0 Å². The number of hydrogen-bond donors (Lipinski definition) is 2. The molecule has 1 saturated heterocycles. The number of rotatable bonds is 4. The molecule has 0 aromatic heterocycles. The Bertz CT molecular complexity index is 391. The molecule has 100 valence electrons. The van der Waals surface area contributed by atoms with E-state index in [1.54, 1.807) is 6.07 Å². The summed E-state index contributed by atoms with van der Waals surface area (Å²) in [5.41, 5.74) is 0.956. The zero-order chi connectivity index (χ0) is 13.0. The highest BCUT2D eigenvalue weighted by Gasteiger charge is 2.20. The maximum absolute atomic E-state index is 9.97. The Kier molecular flexibility index (Phi) is 5.03. The molecule has 2 N–H and O–H groups in total. The molecule has 0 bridgehead atoms. The molecule has 18 heavy (non-hydrogen) atoms. The van der Waals surface area contributed by atoms with E-state index in [1.165, 1.54) is 0 Å². The van der Waals surface area contributed by atoms with E-state index in [9.17, 15) is 5.11 Å². The third-order valence-corrected chi connectivity index (χ3v) is 3.86. The molecule has 4 heteroatoms. The van der Waals surface area contributed by atoms with Crippen molar-refractivity contribution in [3.63, 3.8) is 0 Å². The fourth-order valence-electron chi connectivity index (χ4n) is 2.39. The van der Waals surface area contributed by atoms with E-state index in [-0.39, 0.29) is 6.04 Å². The Morgan fingerprint density at radius 1 is 1.56 bits per heavy atom. The number of phenolic OH excluding ortho intramolecular Hbond substituents is 1. The van der Waals surface area contributed by atoms with Crippen molar-refractivity contribution in [2.45, 2.75) is 38.3 Å². The largest absolute Gasteiger partial charge is 0.508 e. The Balaban J connectivity index is 2.09. The van der Waals surface area contributed by atoms with Crippen molar-refractivity contribution < 1.29 is 9.84 Å². The zero-order valence-corrected chi connectivity index (χ0v) is 12.2. The van der Waals surface area contributed by atoms with Gasteiger partial charge in [0, 0.05) is 28.7 Å². The average Bonchev–Trinajstić information content (AvgIpc) is 2.40. The molecule has 2 unspecified atom stereocenters. The smallest absolute Gasteiger partial charge is 0.120 e. The fourth-order valence-corrected chi connectivity index (χ4v) is 2.77. The minimum Gasteiger partial charge on any atom is -0.508 e. The number of halogens is 1. The lowest BCUT2D eigenvalue weighted by atomic mass is 10.0. The fraction of sp³-hybridized carbons (Fsp3) is 0.571. The lowest BCUT2D eigenvalue weighted by Gasteiger charge is -2.28. The van der Waals surface area contributed by atoms with Gasteiger partial charge < -0.3 is 15.2 Å². The number of nitrogens with one attached hydrogen (secondary N) is 1. The summed E-state index contributed by atoms with van der Waals surface area (Å²) in [7, 11) is 0. The topological polar surface area (TPSA) is 41.5 Å². The van der Waals surface area contributed by atoms with Gasteiger partial charge in [0.05, 0.1) is 6.61 Å². The van der Waals surface area contributed by atoms with Crippen LogP contribution < -0.4 is 5.32 Å². The van der Waals surface area contributed by atoms with Crippen LogP contribution in [-0.4, -0.2) is 24.4 Å². The van der Waals surface area contributed by atoms with E-state index in [4.69, 9.17) is 4.74 Å². The van der Waals surface area contributed by atoms with Crippen molar-refractivity contribution in [2.24, 2.45) is 0 Å². The SMILES string of the molecule is CCC(NC1CCCOC1)c1cc(Br)ccc1O. The second-order valence-electron chi connectivity index (χ2n) is 4.74. The van der Waals surface area contributed by atoms with E-state index in [2.05, 4.69) is 28.2 Å². The molecule has 0 aliphatic carbocycles. The van der Waals surface area contributed by atoms with E-state index in [1.807, 2.05) is 12.1 Å². The molecule has 2 rings (SSSR count). The number of hydrogen-bond acceptors (Lipinski definition) is 3. The molecule has 0 radical (unpaired) electrons. The molecule has 3 nitrogen and oxygen atoms in total. The van der Waals surface area contributed by atoms with E-state index >= 15 is 0 Å². The molecule has 1 aromatic rings. The summed E-state index contributed by atoms with van der Waals surface area (Å²) in [4.78, 5) is 0. The normalized spacial score (nSPS) is 21.8. The first-order valence-corrected chi connectivity index (χ1v) is 7.32. The van der Waals surface area contributed by atoms with Crippen molar-refractivity contribution in [3.05, 3.63) is 28.2 Å². The van der Waals surface area contributed by atoms with Crippen LogP contribution in [0.5, 0.6) is 5.75 Å². The van der Waals surface area contributed by atoms with E-state index in [0.29, 0.717) is 11.8 Å². The van der Waals surface area contributed by atoms with Gasteiger partial charge >= 0.3 is 0 Å². The Morgan fingerprint density at radius 3 is 3.06 bits per heavy atom. The zero-order valence-electron chi connectivity index (χ0n) is 10.7. The van der Waals surface area contributed by atoms with Crippen LogP contribution in [0.2, 0.25) is 0 Å². The molecule has 0 saturated carbocycles. The molecule has 1 aromatic carbocycles. The summed E-state index contributed by atoms with van der Waals surface area (Å²) in [6.45, 7) is 3.77. The van der Waals surface area contributed by atoms with Crippen LogP contribution in [0.3, 0.4) is 0 Å². The molecule has 1 aliphatic rings. The number of aromatic hydroxyl groups is 1. The van der Waals surface area contributed by atoms with Gasteiger partial charge in [0.25, 0.3) is 0 Å². The van der Waals surface area contributed by atoms with Gasteiger partial charge in [0.1, 0.15) is 5.75 Å². The van der Waals surface area contributed by atoms with E-state index in [0.717, 1.165) is 42.5 Å². The van der Waals surface area contributed by atoms with Gasteiger partial charge in [0.15, 0.2) is 0 Å². The molecule has 1 aliphatic heterocycles. The third-order valence-electron chi connectivity index (χ3n) is 3.37. The highest BCUT2D eigenvalue weighted by molar-refractivity contribution is 9.10. The summed E-state index contributed by atoms with van der Waals surface area (Å²) < 4.78 is 6.48. The van der Waals surface area contributed by atoms with Crippen LogP contribution in [-0.2, 0) is 4.74 Å². The first-order chi connectivity index (χ1) is 8.70. The quantitative estimate of drug-likeness (QED) is 0.895. The summed E-state index contributed by atoms with van der Waals surface area (Å²) >= 11 is 3.46. The van der Waals surface area contributed by atoms with Crippen molar-refractivity contribution >= 4 is 15.9 Å². The molecule has 0 amide bonds. The van der Waals surface area contributed by atoms with Crippen LogP contribution in [0.25, 0.3) is 0 Å². The van der Waals surface area contributed by atoms with Crippen LogP contribution in [0.1, 0.15) is 37.8 Å². The van der Waals surface area contributed by atoms with Gasteiger partial charge in [-0.05, 0) is 37.5 Å². The highest BCUT2D eigenvalue weighted by atomic mass is 79.9. The van der Waals surface area contributed by atoms with Crippen molar-refractivity contribution in [2.75, 3.05) is 13.2 Å². The van der Waals surface area contributed by atoms with Gasteiger partial charge in [-0.3, -0.25) is 0 Å². The van der Waals surface area contributed by atoms with E-state index < -0.39 is 0 Å². The monoisotopic (exact) mass is 313 g/mol. The molecule has 1 fully saturated rings. The predicted octanol–water partition coefficient (Wildman–Crippen LogP) is 3.37. The second kappa shape index (κ2) is 6.55. The number of ether oxygens (including phenoxy) is 1. The first-order valence-electron chi connectivity index (χ1n) is 6.53. The van der Waals surface area contributed by atoms with Crippen molar-refractivity contribution in [1.82, 2.24) is 5.32 Å². The van der Waals surface area contributed by atoms with Crippen LogP contribution in [0.4, 0.5) is 0 Å². The van der Waals surface area contributed by atoms with Gasteiger partial charge in [-0.25, -0.2) is 0 Å². The van der Waals surface area contributed by atoms with Crippen molar-refractivity contribution in [1.29, 1.82) is 0 Å². The Labute approximate surface area is 117 Å². The Hall–Kier alpha value is -0.580. The summed E-state index contributed by atoms with van der Waals surface area (Å²) in [6.07, 6.45) is 3.20. The number of phenols is 1. The second-order valence-corrected chi connectivity index (χ2v) is 5.66. The Morgan fingerprint density at radius 2 is 2.39 bits per heavy atom. The maximum atomic E-state index is 9.97. The lowest BCUT2D eigenvalue weighted by Crippen LogP contribution is -2.39. The van der Waals surface area contributed by atoms with Gasteiger partial charge in [-0.15, -0.1) is 0 Å². The highest BCUT2D eigenvalue weighted by Crippen LogP contribution is 2.30. The summed E-state index contributed by atoms with van der Waals surface area (Å²) in [5.74, 6) is 0.356. The first kappa shape index (κ1) is 13.8. The lowest BCUT2D eigenvalue weighted by molar-refractivity contribution is 0.0659. The maximum Gasteiger partial charge on any atom is 0.120 e. The molecule has 2 atom stereocenters. The third kappa shape index (κ3) is 3.46. The molecule has 1 heterocycles. The van der Waals surface area contributed by atoms with Crippen LogP contribution >= 0.6 is 15.9 Å². The predicted molar refractivity (Wildman–Crippen MR) is 75.8 cm³/mol. The van der Waals surface area contributed by atoms with Gasteiger partial charge in [-0.2, -0.15) is 0 Å². The minimum atomic E-state index is 0.175. The number of benzene rings is 1.